The third-order valence-corrected chi connectivity index (χ3v) is 12.0. The van der Waals surface area contributed by atoms with Gasteiger partial charge in [-0.15, -0.1) is 16.4 Å². The predicted octanol–water partition coefficient (Wildman–Crippen LogP) is 7.08. The minimum Gasteiger partial charge on any atom is -0.388 e. The Labute approximate surface area is 286 Å². The van der Waals surface area contributed by atoms with Crippen LogP contribution >= 0.6 is 11.3 Å². The number of thiophene rings is 1. The van der Waals surface area contributed by atoms with Gasteiger partial charge in [0, 0.05) is 23.2 Å². The summed E-state index contributed by atoms with van der Waals surface area (Å²) in [6.07, 6.45) is 5.60. The fourth-order valence-corrected chi connectivity index (χ4v) is 9.77. The lowest BCUT2D eigenvalue weighted by Gasteiger charge is -2.37. The lowest BCUT2D eigenvalue weighted by atomic mass is 9.71. The van der Waals surface area contributed by atoms with E-state index in [1.165, 1.54) is 35.6 Å². The van der Waals surface area contributed by atoms with Crippen molar-refractivity contribution < 1.29 is 22.4 Å². The molecule has 1 unspecified atom stereocenters. The lowest BCUT2D eigenvalue weighted by Crippen LogP contribution is -2.40. The summed E-state index contributed by atoms with van der Waals surface area (Å²) >= 11 is 1.44. The maximum Gasteiger partial charge on any atom is 0.434 e. The van der Waals surface area contributed by atoms with Crippen molar-refractivity contribution in [3.63, 3.8) is 0 Å². The number of aryl methyl sites for hydroxylation is 3. The van der Waals surface area contributed by atoms with Crippen molar-refractivity contribution in [3.05, 3.63) is 116 Å². The molecule has 3 aliphatic heterocycles. The number of carbonyl (C=O) groups excluding carboxylic acids is 1. The van der Waals surface area contributed by atoms with Crippen molar-refractivity contribution in [2.75, 3.05) is 11.9 Å². The number of halogens is 3. The third kappa shape index (κ3) is 4.28. The van der Waals surface area contributed by atoms with Gasteiger partial charge in [0.2, 0.25) is 0 Å². The second kappa shape index (κ2) is 10.6. The van der Waals surface area contributed by atoms with Crippen LogP contribution in [0.3, 0.4) is 0 Å². The molecule has 1 amide bonds. The first-order valence-electron chi connectivity index (χ1n) is 16.6. The van der Waals surface area contributed by atoms with Crippen molar-refractivity contribution in [2.45, 2.75) is 50.1 Å². The molecular weight excluding hydrogens is 666 g/mol. The average molecular weight is 693 g/mol. The Bertz CT molecular complexity index is 2470. The summed E-state index contributed by atoms with van der Waals surface area (Å²) in [5, 5.41) is 10.9. The zero-order valence-electron chi connectivity index (χ0n) is 26.4. The first-order valence-corrected chi connectivity index (χ1v) is 17.4. The van der Waals surface area contributed by atoms with E-state index in [9.17, 15) is 22.8 Å². The molecule has 2 aromatic carbocycles. The maximum absolute atomic E-state index is 14.3. The minimum atomic E-state index is -0.885. The number of pyridine rings is 2. The van der Waals surface area contributed by atoms with E-state index >= 15 is 0 Å². The van der Waals surface area contributed by atoms with Crippen LogP contribution in [0, 0.1) is 23.4 Å². The van der Waals surface area contributed by atoms with Crippen LogP contribution in [-0.2, 0) is 24.8 Å². The molecule has 2 aliphatic carbocycles. The van der Waals surface area contributed by atoms with Crippen LogP contribution in [0.2, 0.25) is 0 Å². The highest BCUT2D eigenvalue weighted by atomic mass is 32.1. The zero-order valence-corrected chi connectivity index (χ0v) is 27.2. The fourth-order valence-electron chi connectivity index (χ4n) is 8.60. The Morgan fingerprint density at radius 2 is 1.82 bits per heavy atom. The van der Waals surface area contributed by atoms with Crippen LogP contribution in [0.4, 0.5) is 19.0 Å². The predicted molar refractivity (Wildman–Crippen MR) is 179 cm³/mol. The Balaban J connectivity index is 1.15. The summed E-state index contributed by atoms with van der Waals surface area (Å²) in [5.41, 5.74) is 4.85. The van der Waals surface area contributed by atoms with Gasteiger partial charge in [-0.25, -0.2) is 28.0 Å². The molecule has 2 N–H and O–H groups in total. The zero-order chi connectivity index (χ0) is 33.9. The summed E-state index contributed by atoms with van der Waals surface area (Å²) in [6, 6.07) is 12.4. The van der Waals surface area contributed by atoms with E-state index in [-0.39, 0.29) is 23.7 Å². The molecule has 250 valence electrons. The van der Waals surface area contributed by atoms with Crippen LogP contribution in [0.25, 0.3) is 32.0 Å². The summed E-state index contributed by atoms with van der Waals surface area (Å²) in [7, 11) is 0. The molecule has 13 heteroatoms. The number of anilines is 1. The van der Waals surface area contributed by atoms with Crippen LogP contribution in [0.1, 0.15) is 63.7 Å². The number of aromatic amines is 1. The first-order chi connectivity index (χ1) is 24.3. The van der Waals surface area contributed by atoms with Crippen molar-refractivity contribution in [1.29, 1.82) is 0 Å². The molecule has 50 heavy (non-hydrogen) atoms. The van der Waals surface area contributed by atoms with Gasteiger partial charge in [0.25, 0.3) is 11.8 Å². The largest absolute Gasteiger partial charge is 0.434 e. The molecule has 1 spiro atoms. The summed E-state index contributed by atoms with van der Waals surface area (Å²) in [5.74, 6) is -1.84. The van der Waals surface area contributed by atoms with Gasteiger partial charge in [-0.05, 0) is 103 Å². The summed E-state index contributed by atoms with van der Waals surface area (Å²) < 4.78 is 48.4. The second-order valence-electron chi connectivity index (χ2n) is 13.7. The van der Waals surface area contributed by atoms with E-state index in [4.69, 9.17) is 9.40 Å². The molecule has 1 atom stereocenters. The molecule has 5 aliphatic rings. The number of hydrogen-bond acceptors (Lipinski definition) is 8. The molecule has 1 saturated carbocycles. The number of amides is 1. The Morgan fingerprint density at radius 3 is 2.62 bits per heavy atom. The molecule has 2 saturated heterocycles. The first kappa shape index (κ1) is 29.6. The number of nitrogens with zero attached hydrogens (tertiary/aromatic N) is 4. The van der Waals surface area contributed by atoms with E-state index in [1.807, 2.05) is 17.0 Å². The van der Waals surface area contributed by atoms with Gasteiger partial charge in [-0.1, -0.05) is 12.1 Å². The number of benzene rings is 2. The highest BCUT2D eigenvalue weighted by Crippen LogP contribution is 2.63. The third-order valence-electron chi connectivity index (χ3n) is 10.8. The molecule has 4 aromatic heterocycles. The van der Waals surface area contributed by atoms with Gasteiger partial charge in [0.1, 0.15) is 11.6 Å². The molecule has 2 bridgehead atoms. The van der Waals surface area contributed by atoms with Crippen LogP contribution in [0.15, 0.2) is 63.9 Å². The molecule has 6 aromatic rings. The minimum absolute atomic E-state index is 0.0315. The fraction of sp³-hybridized carbons (Fsp3) is 0.270. The molecule has 3 fully saturated rings. The number of H-pyrrole nitrogens is 1. The van der Waals surface area contributed by atoms with Gasteiger partial charge in [-0.3, -0.25) is 9.78 Å². The number of nitrogens with one attached hydrogen (secondary N) is 2. The van der Waals surface area contributed by atoms with Gasteiger partial charge in [-0.2, -0.15) is 0 Å². The van der Waals surface area contributed by atoms with E-state index in [0.717, 1.165) is 44.6 Å². The van der Waals surface area contributed by atoms with Crippen LogP contribution < -0.4 is 11.1 Å². The van der Waals surface area contributed by atoms with E-state index < -0.39 is 22.9 Å². The van der Waals surface area contributed by atoms with E-state index in [0.29, 0.717) is 71.9 Å². The van der Waals surface area contributed by atoms with Gasteiger partial charge in [0.05, 0.1) is 38.8 Å². The number of carbonyl (C=O) groups is 1. The van der Waals surface area contributed by atoms with Crippen molar-refractivity contribution in [1.82, 2.24) is 25.1 Å². The Kier molecular flexibility index (Phi) is 6.28. The highest BCUT2D eigenvalue weighted by Gasteiger charge is 2.65. The SMILES string of the molecule is O=C1c2c(nc(CCc3ccc(F)cc3)c(-c3n[nH]c(=O)o3)c2-c2cc3ccnc(NC4CCc5cc(F)c(F)cc54)c3s2)C23CC(CN12)C3. The topological polar surface area (TPSA) is 117 Å². The molecular formula is C37H27F3N6O3S. The van der Waals surface area contributed by atoms with E-state index in [1.54, 1.807) is 18.3 Å². The van der Waals surface area contributed by atoms with Crippen molar-refractivity contribution >= 4 is 33.1 Å². The number of fused-ring (bicyclic) bond motifs is 3. The second-order valence-corrected chi connectivity index (χ2v) is 14.7. The molecule has 9 nitrogen and oxygen atoms in total. The maximum atomic E-state index is 14.3. The number of aromatic nitrogens is 4. The molecule has 0 radical (unpaired) electrons. The van der Waals surface area contributed by atoms with Crippen molar-refractivity contribution in [3.8, 4) is 21.9 Å². The standard InChI is InChI=1S/C37H27F3N6O3S/c38-21-5-1-17(2-6-21)3-7-26-28(34-44-45-36(48)49-34)29(30-32(42-26)37-14-18(15-37)16-46(37)35(30)47)27-12-20-9-10-41-33(31(20)50-27)43-25-8-4-19-11-23(39)24(40)13-22(19)25/h1-2,5-6,9-13,18,25H,3-4,7-8,14-16H2,(H,41,43)(H,45,48). The van der Waals surface area contributed by atoms with Gasteiger partial charge < -0.3 is 14.6 Å². The molecule has 11 rings (SSSR count). The van der Waals surface area contributed by atoms with Gasteiger partial charge in [0.15, 0.2) is 11.6 Å². The monoisotopic (exact) mass is 692 g/mol. The smallest absolute Gasteiger partial charge is 0.388 e. The average Bonchev–Trinajstić information content (AvgIpc) is 3.94. The summed E-state index contributed by atoms with van der Waals surface area (Å²) in [6.45, 7) is 0.671. The normalized spacial score (nSPS) is 21.4. The Morgan fingerprint density at radius 1 is 1.00 bits per heavy atom. The highest BCUT2D eigenvalue weighted by molar-refractivity contribution is 7.23. The quantitative estimate of drug-likeness (QED) is 0.184. The number of rotatable bonds is 7. The summed E-state index contributed by atoms with van der Waals surface area (Å²) in [4.78, 5) is 39.3. The Hall–Kier alpha value is -5.30. The van der Waals surface area contributed by atoms with Gasteiger partial charge >= 0.3 is 5.76 Å². The van der Waals surface area contributed by atoms with Crippen LogP contribution in [0.5, 0.6) is 0 Å². The number of hydrogen-bond donors (Lipinski definition) is 2. The van der Waals surface area contributed by atoms with E-state index in [2.05, 4.69) is 20.5 Å². The lowest BCUT2D eigenvalue weighted by molar-refractivity contribution is 0.0637. The molecule has 7 heterocycles. The van der Waals surface area contributed by atoms with Crippen LogP contribution in [-0.4, -0.2) is 37.5 Å². The van der Waals surface area contributed by atoms with Crippen molar-refractivity contribution in [2.24, 2.45) is 5.92 Å².